The molecule has 12 nitrogen and oxygen atoms in total. The number of aromatic nitrogens is 7. The second-order valence-corrected chi connectivity index (χ2v) is 10.7. The molecule has 0 N–H and O–H groups in total. The molecule has 0 spiro atoms. The molecule has 0 bridgehead atoms. The van der Waals surface area contributed by atoms with Gasteiger partial charge in [0.1, 0.15) is 29.3 Å². The maximum absolute atomic E-state index is 13.3. The molecule has 39 heavy (non-hydrogen) atoms. The van der Waals surface area contributed by atoms with Crippen molar-refractivity contribution in [1.29, 1.82) is 0 Å². The minimum absolute atomic E-state index is 0.173. The summed E-state index contributed by atoms with van der Waals surface area (Å²) >= 11 is 0. The summed E-state index contributed by atoms with van der Waals surface area (Å²) in [5.41, 5.74) is 0.765. The molecule has 204 valence electrons. The molecule has 4 aromatic heterocycles. The smallest absolute Gasteiger partial charge is 0.410 e. The summed E-state index contributed by atoms with van der Waals surface area (Å²) < 4.78 is 10.4. The van der Waals surface area contributed by atoms with Crippen LogP contribution in [0.5, 0.6) is 0 Å². The van der Waals surface area contributed by atoms with Crippen molar-refractivity contribution >= 4 is 11.8 Å². The SMILES string of the molecule is CC(C)n1cnnc1-c1cccc(-n2ccn(-c3ccc(N4CCN(C(=O)OC(C)(C)C)CC4)cn3)c2=O)n1. The van der Waals surface area contributed by atoms with Crippen LogP contribution in [0.15, 0.2) is 60.0 Å². The van der Waals surface area contributed by atoms with Gasteiger partial charge in [-0.2, -0.15) is 0 Å². The first-order valence-electron chi connectivity index (χ1n) is 13.0. The number of piperazine rings is 1. The van der Waals surface area contributed by atoms with Gasteiger partial charge < -0.3 is 19.1 Å². The molecule has 4 aromatic rings. The van der Waals surface area contributed by atoms with Gasteiger partial charge in [-0.1, -0.05) is 6.07 Å². The zero-order valence-electron chi connectivity index (χ0n) is 22.9. The van der Waals surface area contributed by atoms with Crippen LogP contribution in [0.3, 0.4) is 0 Å². The third kappa shape index (κ3) is 5.54. The predicted molar refractivity (Wildman–Crippen MR) is 146 cm³/mol. The number of amides is 1. The van der Waals surface area contributed by atoms with Crippen molar-refractivity contribution in [3.63, 3.8) is 0 Å². The molecular weight excluding hydrogens is 498 g/mol. The van der Waals surface area contributed by atoms with Crippen molar-refractivity contribution in [1.82, 2.24) is 38.8 Å². The van der Waals surface area contributed by atoms with Gasteiger partial charge in [-0.25, -0.2) is 19.6 Å². The van der Waals surface area contributed by atoms with Crippen LogP contribution in [0.4, 0.5) is 10.5 Å². The molecule has 0 aliphatic carbocycles. The lowest BCUT2D eigenvalue weighted by Gasteiger charge is -2.36. The molecule has 5 heterocycles. The average molecular weight is 532 g/mol. The van der Waals surface area contributed by atoms with Crippen molar-refractivity contribution < 1.29 is 9.53 Å². The minimum atomic E-state index is -0.515. The van der Waals surface area contributed by atoms with E-state index >= 15 is 0 Å². The van der Waals surface area contributed by atoms with Crippen LogP contribution in [0.2, 0.25) is 0 Å². The van der Waals surface area contributed by atoms with Crippen LogP contribution < -0.4 is 10.6 Å². The van der Waals surface area contributed by atoms with Crippen LogP contribution in [-0.2, 0) is 4.74 Å². The van der Waals surface area contributed by atoms with E-state index in [0.717, 1.165) is 5.69 Å². The first-order valence-corrected chi connectivity index (χ1v) is 13.0. The molecule has 0 unspecified atom stereocenters. The zero-order chi connectivity index (χ0) is 27.7. The molecule has 0 saturated carbocycles. The van der Waals surface area contributed by atoms with Gasteiger partial charge in [-0.3, -0.25) is 9.13 Å². The summed E-state index contributed by atoms with van der Waals surface area (Å²) in [5, 5.41) is 8.22. The van der Waals surface area contributed by atoms with Crippen molar-refractivity contribution in [3.8, 4) is 23.2 Å². The monoisotopic (exact) mass is 531 g/mol. The lowest BCUT2D eigenvalue weighted by molar-refractivity contribution is 0.0240. The Morgan fingerprint density at radius 1 is 0.974 bits per heavy atom. The fourth-order valence-electron chi connectivity index (χ4n) is 4.39. The van der Waals surface area contributed by atoms with Crippen molar-refractivity contribution in [2.75, 3.05) is 31.1 Å². The van der Waals surface area contributed by atoms with Gasteiger partial charge in [-0.05, 0) is 58.9 Å². The van der Waals surface area contributed by atoms with Gasteiger partial charge in [0, 0.05) is 44.6 Å². The Labute approximate surface area is 226 Å². The summed E-state index contributed by atoms with van der Waals surface area (Å²) in [7, 11) is 0. The lowest BCUT2D eigenvalue weighted by atomic mass is 10.2. The number of imidazole rings is 1. The summed E-state index contributed by atoms with van der Waals surface area (Å²) in [4.78, 5) is 38.7. The minimum Gasteiger partial charge on any atom is -0.444 e. The van der Waals surface area contributed by atoms with Gasteiger partial charge >= 0.3 is 11.8 Å². The first kappa shape index (κ1) is 26.1. The highest BCUT2D eigenvalue weighted by atomic mass is 16.6. The van der Waals surface area contributed by atoms with E-state index in [4.69, 9.17) is 4.74 Å². The molecule has 0 aromatic carbocycles. The number of rotatable bonds is 5. The molecule has 1 aliphatic heterocycles. The number of carbonyl (C=O) groups is 1. The Morgan fingerprint density at radius 3 is 2.33 bits per heavy atom. The summed E-state index contributed by atoms with van der Waals surface area (Å²) in [6.45, 7) is 12.2. The van der Waals surface area contributed by atoms with E-state index in [2.05, 4.69) is 25.1 Å². The Bertz CT molecular complexity index is 1500. The van der Waals surface area contributed by atoms with Crippen molar-refractivity contribution in [3.05, 3.63) is 65.7 Å². The third-order valence-electron chi connectivity index (χ3n) is 6.39. The number of carbonyl (C=O) groups excluding carboxylic acids is 1. The topological polar surface area (TPSA) is 116 Å². The normalized spacial score (nSPS) is 14.2. The van der Waals surface area contributed by atoms with E-state index in [0.29, 0.717) is 49.3 Å². The number of pyridine rings is 2. The van der Waals surface area contributed by atoms with Gasteiger partial charge in [0.2, 0.25) is 0 Å². The summed E-state index contributed by atoms with van der Waals surface area (Å²) in [6.07, 6.45) is 6.48. The maximum Gasteiger partial charge on any atom is 0.410 e. The summed E-state index contributed by atoms with van der Waals surface area (Å²) in [5.74, 6) is 1.63. The first-order chi connectivity index (χ1) is 18.6. The highest BCUT2D eigenvalue weighted by molar-refractivity contribution is 5.68. The molecule has 1 amide bonds. The van der Waals surface area contributed by atoms with Crippen molar-refractivity contribution in [2.24, 2.45) is 0 Å². The highest BCUT2D eigenvalue weighted by Gasteiger charge is 2.26. The van der Waals surface area contributed by atoms with Gasteiger partial charge in [0.15, 0.2) is 5.82 Å². The van der Waals surface area contributed by atoms with E-state index in [9.17, 15) is 9.59 Å². The molecule has 12 heteroatoms. The molecule has 1 saturated heterocycles. The largest absolute Gasteiger partial charge is 0.444 e. The Hall–Kier alpha value is -4.48. The van der Waals surface area contributed by atoms with E-state index < -0.39 is 5.60 Å². The lowest BCUT2D eigenvalue weighted by Crippen LogP contribution is -2.50. The average Bonchev–Trinajstić information content (AvgIpc) is 3.55. The number of hydrogen-bond acceptors (Lipinski definition) is 8. The Balaban J connectivity index is 1.30. The van der Waals surface area contributed by atoms with Crippen LogP contribution in [-0.4, -0.2) is 76.6 Å². The van der Waals surface area contributed by atoms with E-state index in [-0.39, 0.29) is 17.8 Å². The number of nitrogens with zero attached hydrogens (tertiary/aromatic N) is 9. The maximum atomic E-state index is 13.3. The highest BCUT2D eigenvalue weighted by Crippen LogP contribution is 2.20. The molecule has 5 rings (SSSR count). The van der Waals surface area contributed by atoms with Crippen LogP contribution in [0.1, 0.15) is 40.7 Å². The second kappa shape index (κ2) is 10.4. The quantitative estimate of drug-likeness (QED) is 0.385. The third-order valence-corrected chi connectivity index (χ3v) is 6.39. The zero-order valence-corrected chi connectivity index (χ0v) is 22.9. The van der Waals surface area contributed by atoms with Crippen molar-refractivity contribution in [2.45, 2.75) is 46.3 Å². The van der Waals surface area contributed by atoms with Crippen LogP contribution >= 0.6 is 0 Å². The summed E-state index contributed by atoms with van der Waals surface area (Å²) in [6, 6.07) is 9.40. The Morgan fingerprint density at radius 2 is 1.69 bits per heavy atom. The molecule has 1 fully saturated rings. The fraction of sp³-hybridized carbons (Fsp3) is 0.407. The predicted octanol–water partition coefficient (Wildman–Crippen LogP) is 3.31. The molecule has 0 atom stereocenters. The second-order valence-electron chi connectivity index (χ2n) is 10.7. The Kier molecular flexibility index (Phi) is 6.94. The number of ether oxygens (including phenoxy) is 1. The molecule has 0 radical (unpaired) electrons. The number of anilines is 1. The van der Waals surface area contributed by atoms with Gasteiger partial charge in [0.05, 0.1) is 11.9 Å². The molecular formula is C27H33N9O3. The van der Waals surface area contributed by atoms with E-state index in [1.54, 1.807) is 35.9 Å². The molecule has 1 aliphatic rings. The standard InChI is InChI=1S/C27H33N9O3/c1-19(2)36-18-29-31-24(36)21-7-6-8-23(30-21)35-16-15-34(25(35)37)22-10-9-20(17-28-22)32-11-13-33(14-12-32)26(38)39-27(3,4)5/h6-10,15-19H,11-14H2,1-5H3. The van der Waals surface area contributed by atoms with E-state index in [1.165, 1.54) is 9.13 Å². The van der Waals surface area contributed by atoms with Crippen LogP contribution in [0, 0.1) is 0 Å². The number of hydrogen-bond donors (Lipinski definition) is 0. The van der Waals surface area contributed by atoms with E-state index in [1.807, 2.05) is 63.5 Å². The van der Waals surface area contributed by atoms with Gasteiger partial charge in [-0.15, -0.1) is 10.2 Å². The fourth-order valence-corrected chi connectivity index (χ4v) is 4.39. The van der Waals surface area contributed by atoms with Crippen LogP contribution in [0.25, 0.3) is 23.2 Å². The van der Waals surface area contributed by atoms with Gasteiger partial charge in [0.25, 0.3) is 0 Å².